The number of amides is 1. The van der Waals surface area contributed by atoms with Crippen LogP contribution in [0.15, 0.2) is 41.1 Å². The van der Waals surface area contributed by atoms with Crippen LogP contribution in [0.2, 0.25) is 0 Å². The van der Waals surface area contributed by atoms with Crippen molar-refractivity contribution in [3.63, 3.8) is 0 Å². The molecule has 1 fully saturated rings. The fourth-order valence-electron chi connectivity index (χ4n) is 3.27. The highest BCUT2D eigenvalue weighted by Crippen LogP contribution is 2.11. The molecule has 2 aromatic rings. The molecule has 1 aliphatic rings. The maximum Gasteiger partial charge on any atom is 0.220 e. The number of thiophene rings is 1. The van der Waals surface area contributed by atoms with Crippen LogP contribution in [0.5, 0.6) is 0 Å². The van der Waals surface area contributed by atoms with Crippen LogP contribution in [0.3, 0.4) is 0 Å². The van der Waals surface area contributed by atoms with E-state index in [2.05, 4.69) is 63.1 Å². The summed E-state index contributed by atoms with van der Waals surface area (Å²) >= 11 is 1.68. The van der Waals surface area contributed by atoms with Gasteiger partial charge in [0.15, 0.2) is 0 Å². The van der Waals surface area contributed by atoms with Crippen molar-refractivity contribution in [2.75, 3.05) is 32.7 Å². The van der Waals surface area contributed by atoms with Crippen LogP contribution in [0.4, 0.5) is 0 Å². The van der Waals surface area contributed by atoms with E-state index >= 15 is 0 Å². The molecule has 26 heavy (non-hydrogen) atoms. The van der Waals surface area contributed by atoms with Crippen molar-refractivity contribution in [1.29, 1.82) is 0 Å². The van der Waals surface area contributed by atoms with Crippen LogP contribution in [0.1, 0.15) is 30.0 Å². The van der Waals surface area contributed by atoms with Gasteiger partial charge in [0, 0.05) is 45.7 Å². The lowest BCUT2D eigenvalue weighted by molar-refractivity contribution is -0.121. The minimum atomic E-state index is 0.120. The molecule has 1 N–H and O–H groups in total. The number of nitrogens with one attached hydrogen (secondary N) is 1. The highest BCUT2D eigenvalue weighted by molar-refractivity contribution is 7.07. The number of benzene rings is 1. The highest BCUT2D eigenvalue weighted by Gasteiger charge is 2.15. The zero-order chi connectivity index (χ0) is 18.2. The first-order valence-electron chi connectivity index (χ1n) is 9.53. The monoisotopic (exact) mass is 371 g/mol. The molecular weight excluding hydrogens is 342 g/mol. The number of carbonyl (C=O) groups excluding carboxylic acids is 1. The second-order valence-corrected chi connectivity index (χ2v) is 7.72. The summed E-state index contributed by atoms with van der Waals surface area (Å²) in [6.45, 7) is 9.66. The van der Waals surface area contributed by atoms with E-state index in [9.17, 15) is 4.79 Å². The van der Waals surface area contributed by atoms with Gasteiger partial charge in [-0.1, -0.05) is 31.2 Å². The van der Waals surface area contributed by atoms with Crippen molar-refractivity contribution in [2.24, 2.45) is 0 Å². The third-order valence-electron chi connectivity index (χ3n) is 5.05. The maximum atomic E-state index is 12.0. The number of likely N-dealkylation sites (N-methyl/N-ethyl adjacent to an activating group) is 1. The molecule has 1 amide bonds. The first-order valence-corrected chi connectivity index (χ1v) is 10.5. The molecule has 0 atom stereocenters. The molecular formula is C21H29N3OS. The smallest absolute Gasteiger partial charge is 0.220 e. The van der Waals surface area contributed by atoms with Crippen LogP contribution < -0.4 is 5.32 Å². The predicted molar refractivity (Wildman–Crippen MR) is 108 cm³/mol. The van der Waals surface area contributed by atoms with E-state index in [1.807, 2.05) is 0 Å². The van der Waals surface area contributed by atoms with Crippen LogP contribution in [-0.2, 0) is 24.3 Å². The van der Waals surface area contributed by atoms with Crippen molar-refractivity contribution < 1.29 is 4.79 Å². The van der Waals surface area contributed by atoms with Gasteiger partial charge in [-0.25, -0.2) is 0 Å². The number of hydrogen-bond acceptors (Lipinski definition) is 4. The molecule has 1 aliphatic heterocycles. The van der Waals surface area contributed by atoms with E-state index in [-0.39, 0.29) is 5.91 Å². The van der Waals surface area contributed by atoms with E-state index in [1.54, 1.807) is 11.3 Å². The first-order chi connectivity index (χ1) is 12.7. The standard InChI is InChI=1S/C21H29N3OS/c1-2-23-10-12-24(13-11-23)16-19-5-3-18(4-6-19)15-22-21(25)8-7-20-9-14-26-17-20/h3-6,9,14,17H,2,7-8,10-13,15-16H2,1H3,(H,22,25). The molecule has 4 nitrogen and oxygen atoms in total. The highest BCUT2D eigenvalue weighted by atomic mass is 32.1. The second kappa shape index (κ2) is 9.86. The van der Waals surface area contributed by atoms with E-state index in [4.69, 9.17) is 0 Å². The van der Waals surface area contributed by atoms with Crippen molar-refractivity contribution >= 4 is 17.2 Å². The third kappa shape index (κ3) is 5.94. The Morgan fingerprint density at radius 3 is 2.35 bits per heavy atom. The van der Waals surface area contributed by atoms with Gasteiger partial charge >= 0.3 is 0 Å². The molecule has 1 aromatic heterocycles. The molecule has 0 saturated carbocycles. The summed E-state index contributed by atoms with van der Waals surface area (Å²) in [6.07, 6.45) is 1.37. The van der Waals surface area contributed by atoms with E-state index in [0.717, 1.165) is 38.2 Å². The molecule has 140 valence electrons. The third-order valence-corrected chi connectivity index (χ3v) is 5.78. The zero-order valence-corrected chi connectivity index (χ0v) is 16.4. The summed E-state index contributed by atoms with van der Waals surface area (Å²) in [5.74, 6) is 0.120. The summed E-state index contributed by atoms with van der Waals surface area (Å²) in [4.78, 5) is 17.0. The quantitative estimate of drug-likeness (QED) is 0.774. The predicted octanol–water partition coefficient (Wildman–Crippen LogP) is 3.13. The van der Waals surface area contributed by atoms with E-state index < -0.39 is 0 Å². The number of nitrogens with zero attached hydrogens (tertiary/aromatic N) is 2. The van der Waals surface area contributed by atoms with E-state index in [1.165, 1.54) is 24.2 Å². The molecule has 0 radical (unpaired) electrons. The number of aryl methyl sites for hydroxylation is 1. The molecule has 0 unspecified atom stereocenters. The Balaban J connectivity index is 1.38. The van der Waals surface area contributed by atoms with Gasteiger partial charge in [0.1, 0.15) is 0 Å². The van der Waals surface area contributed by atoms with Crippen LogP contribution in [-0.4, -0.2) is 48.4 Å². The van der Waals surface area contributed by atoms with Crippen molar-refractivity contribution in [2.45, 2.75) is 32.9 Å². The lowest BCUT2D eigenvalue weighted by Gasteiger charge is -2.34. The molecule has 1 saturated heterocycles. The molecule has 0 aliphatic carbocycles. The number of hydrogen-bond donors (Lipinski definition) is 1. The summed E-state index contributed by atoms with van der Waals surface area (Å²) < 4.78 is 0. The summed E-state index contributed by atoms with van der Waals surface area (Å²) in [5.41, 5.74) is 3.75. The average Bonchev–Trinajstić information content (AvgIpc) is 3.20. The first kappa shape index (κ1) is 19.1. The largest absolute Gasteiger partial charge is 0.352 e. The Hall–Kier alpha value is -1.69. The molecule has 5 heteroatoms. The summed E-state index contributed by atoms with van der Waals surface area (Å²) in [5, 5.41) is 7.18. The lowest BCUT2D eigenvalue weighted by Crippen LogP contribution is -2.45. The Bertz CT molecular complexity index is 661. The fraction of sp³-hybridized carbons (Fsp3) is 0.476. The molecule has 2 heterocycles. The minimum absolute atomic E-state index is 0.120. The van der Waals surface area contributed by atoms with Gasteiger partial charge in [-0.15, -0.1) is 0 Å². The maximum absolute atomic E-state index is 12.0. The normalized spacial score (nSPS) is 15.9. The molecule has 1 aromatic carbocycles. The zero-order valence-electron chi connectivity index (χ0n) is 15.6. The number of piperazine rings is 1. The summed E-state index contributed by atoms with van der Waals surface area (Å²) in [7, 11) is 0. The second-order valence-electron chi connectivity index (χ2n) is 6.94. The van der Waals surface area contributed by atoms with Gasteiger partial charge in [0.2, 0.25) is 5.91 Å². The number of carbonyl (C=O) groups is 1. The van der Waals surface area contributed by atoms with Crippen molar-refractivity contribution in [3.8, 4) is 0 Å². The van der Waals surface area contributed by atoms with Crippen LogP contribution >= 0.6 is 11.3 Å². The Labute approximate surface area is 160 Å². The van der Waals surface area contributed by atoms with Crippen LogP contribution in [0.25, 0.3) is 0 Å². The van der Waals surface area contributed by atoms with Gasteiger partial charge < -0.3 is 10.2 Å². The summed E-state index contributed by atoms with van der Waals surface area (Å²) in [6, 6.07) is 10.7. The van der Waals surface area contributed by atoms with Crippen molar-refractivity contribution in [3.05, 3.63) is 57.8 Å². The number of rotatable bonds is 8. The molecule has 0 bridgehead atoms. The van der Waals surface area contributed by atoms with Crippen LogP contribution in [0, 0.1) is 0 Å². The lowest BCUT2D eigenvalue weighted by atomic mass is 10.1. The topological polar surface area (TPSA) is 35.6 Å². The van der Waals surface area contributed by atoms with Gasteiger partial charge in [-0.2, -0.15) is 11.3 Å². The minimum Gasteiger partial charge on any atom is -0.352 e. The van der Waals surface area contributed by atoms with Gasteiger partial charge in [0.05, 0.1) is 0 Å². The van der Waals surface area contributed by atoms with E-state index in [0.29, 0.717) is 13.0 Å². The van der Waals surface area contributed by atoms with Gasteiger partial charge in [0.25, 0.3) is 0 Å². The SMILES string of the molecule is CCN1CCN(Cc2ccc(CNC(=O)CCc3ccsc3)cc2)CC1. The van der Waals surface area contributed by atoms with Gasteiger partial charge in [-0.05, 0) is 46.5 Å². The Morgan fingerprint density at radius 1 is 1.00 bits per heavy atom. The fourth-order valence-corrected chi connectivity index (χ4v) is 3.97. The Morgan fingerprint density at radius 2 is 1.69 bits per heavy atom. The molecule has 0 spiro atoms. The Kier molecular flexibility index (Phi) is 7.23. The van der Waals surface area contributed by atoms with Gasteiger partial charge in [-0.3, -0.25) is 9.69 Å². The molecule has 3 rings (SSSR count). The average molecular weight is 372 g/mol. The van der Waals surface area contributed by atoms with Crippen molar-refractivity contribution in [1.82, 2.24) is 15.1 Å².